The molecule has 0 spiro atoms. The van der Waals surface area contributed by atoms with Crippen molar-refractivity contribution in [2.24, 2.45) is 5.92 Å². The number of hydrogen-bond donors (Lipinski definition) is 2. The molecule has 0 saturated heterocycles. The molecular weight excluding hydrogens is 300 g/mol. The van der Waals surface area contributed by atoms with E-state index in [1.807, 2.05) is 20.8 Å². The van der Waals surface area contributed by atoms with E-state index in [0.717, 1.165) is 25.3 Å². The molecule has 1 aliphatic rings. The van der Waals surface area contributed by atoms with Crippen molar-refractivity contribution in [3.8, 4) is 0 Å². The highest BCUT2D eigenvalue weighted by Crippen LogP contribution is 2.19. The van der Waals surface area contributed by atoms with Crippen molar-refractivity contribution in [2.75, 3.05) is 6.54 Å². The highest BCUT2D eigenvalue weighted by atomic mass is 16.6. The second-order valence-corrected chi connectivity index (χ2v) is 8.76. The summed E-state index contributed by atoms with van der Waals surface area (Å²) in [6.07, 6.45) is 10.9. The lowest BCUT2D eigenvalue weighted by Gasteiger charge is -2.31. The summed E-state index contributed by atoms with van der Waals surface area (Å²) in [6, 6.07) is 0.784. The van der Waals surface area contributed by atoms with Crippen LogP contribution in [0.5, 0.6) is 0 Å². The van der Waals surface area contributed by atoms with Crippen molar-refractivity contribution >= 4 is 6.09 Å². The van der Waals surface area contributed by atoms with Gasteiger partial charge in [0.25, 0.3) is 0 Å². The Balaban J connectivity index is 2.11. The van der Waals surface area contributed by atoms with Crippen LogP contribution in [0.2, 0.25) is 0 Å². The average molecular weight is 341 g/mol. The summed E-state index contributed by atoms with van der Waals surface area (Å²) in [7, 11) is 0. The number of hydrogen-bond acceptors (Lipinski definition) is 3. The van der Waals surface area contributed by atoms with Crippen LogP contribution in [0.25, 0.3) is 0 Å². The molecule has 0 bridgehead atoms. The summed E-state index contributed by atoms with van der Waals surface area (Å²) in [5.74, 6) is 0.833. The van der Waals surface area contributed by atoms with Crippen LogP contribution >= 0.6 is 0 Å². The van der Waals surface area contributed by atoms with Crippen LogP contribution < -0.4 is 10.6 Å². The third kappa shape index (κ3) is 10.9. The Morgan fingerprint density at radius 1 is 1.08 bits per heavy atom. The predicted molar refractivity (Wildman–Crippen MR) is 101 cm³/mol. The fourth-order valence-corrected chi connectivity index (χ4v) is 3.32. The SMILES string of the molecule is CC(C)CCCCCCNC1CCCC(NC(=O)OC(C)(C)C)C1. The minimum Gasteiger partial charge on any atom is -0.444 e. The third-order valence-corrected chi connectivity index (χ3v) is 4.54. The molecule has 142 valence electrons. The van der Waals surface area contributed by atoms with E-state index in [1.54, 1.807) is 0 Å². The Kier molecular flexibility index (Phi) is 9.72. The lowest BCUT2D eigenvalue weighted by atomic mass is 9.91. The molecule has 0 radical (unpaired) electrons. The number of unbranched alkanes of at least 4 members (excludes halogenated alkanes) is 3. The minimum absolute atomic E-state index is 0.247. The van der Waals surface area contributed by atoms with Gasteiger partial charge in [-0.3, -0.25) is 0 Å². The van der Waals surface area contributed by atoms with Gasteiger partial charge in [0.1, 0.15) is 5.60 Å². The maximum atomic E-state index is 11.9. The van der Waals surface area contributed by atoms with Crippen LogP contribution in [0.4, 0.5) is 4.79 Å². The number of rotatable bonds is 9. The summed E-state index contributed by atoms with van der Waals surface area (Å²) in [4.78, 5) is 11.9. The third-order valence-electron chi connectivity index (χ3n) is 4.54. The first kappa shape index (κ1) is 21.3. The van der Waals surface area contributed by atoms with Crippen molar-refractivity contribution in [2.45, 2.75) is 110 Å². The Hall–Kier alpha value is -0.770. The maximum Gasteiger partial charge on any atom is 0.407 e. The lowest BCUT2D eigenvalue weighted by molar-refractivity contribution is 0.0488. The van der Waals surface area contributed by atoms with Gasteiger partial charge in [0.15, 0.2) is 0 Å². The quantitative estimate of drug-likeness (QED) is 0.580. The number of nitrogens with one attached hydrogen (secondary N) is 2. The molecular formula is C20H40N2O2. The smallest absolute Gasteiger partial charge is 0.407 e. The Labute approximate surface area is 149 Å². The monoisotopic (exact) mass is 340 g/mol. The molecule has 24 heavy (non-hydrogen) atoms. The minimum atomic E-state index is -0.425. The van der Waals surface area contributed by atoms with Gasteiger partial charge in [-0.05, 0) is 65.3 Å². The van der Waals surface area contributed by atoms with Gasteiger partial charge in [-0.1, -0.05) is 39.5 Å². The van der Waals surface area contributed by atoms with Crippen molar-refractivity contribution in [3.63, 3.8) is 0 Å². The number of alkyl carbamates (subject to hydrolysis) is 1. The number of ether oxygens (including phenoxy) is 1. The molecule has 2 N–H and O–H groups in total. The predicted octanol–water partition coefficient (Wildman–Crippen LogP) is 5.02. The summed E-state index contributed by atoms with van der Waals surface area (Å²) >= 11 is 0. The van der Waals surface area contributed by atoms with Gasteiger partial charge in [0.2, 0.25) is 0 Å². The molecule has 1 fully saturated rings. The highest BCUT2D eigenvalue weighted by molar-refractivity contribution is 5.68. The van der Waals surface area contributed by atoms with Crippen LogP contribution in [0, 0.1) is 5.92 Å². The number of carbonyl (C=O) groups is 1. The molecule has 1 rings (SSSR count). The zero-order valence-electron chi connectivity index (χ0n) is 16.6. The highest BCUT2D eigenvalue weighted by Gasteiger charge is 2.25. The normalized spacial score (nSPS) is 21.8. The van der Waals surface area contributed by atoms with Crippen molar-refractivity contribution in [1.29, 1.82) is 0 Å². The molecule has 1 saturated carbocycles. The van der Waals surface area contributed by atoms with Gasteiger partial charge in [-0.2, -0.15) is 0 Å². The molecule has 0 aliphatic heterocycles. The molecule has 0 aromatic rings. The van der Waals surface area contributed by atoms with E-state index < -0.39 is 5.60 Å². The zero-order chi connectivity index (χ0) is 18.0. The molecule has 2 atom stereocenters. The second-order valence-electron chi connectivity index (χ2n) is 8.76. The van der Waals surface area contributed by atoms with Gasteiger partial charge in [-0.15, -0.1) is 0 Å². The van der Waals surface area contributed by atoms with E-state index in [9.17, 15) is 4.79 Å². The van der Waals surface area contributed by atoms with E-state index in [0.29, 0.717) is 6.04 Å². The molecule has 1 aliphatic carbocycles. The molecule has 0 aromatic carbocycles. The molecule has 0 heterocycles. The lowest BCUT2D eigenvalue weighted by Crippen LogP contribution is -2.45. The van der Waals surface area contributed by atoms with E-state index >= 15 is 0 Å². The van der Waals surface area contributed by atoms with Crippen molar-refractivity contribution in [1.82, 2.24) is 10.6 Å². The Morgan fingerprint density at radius 3 is 2.42 bits per heavy atom. The van der Waals surface area contributed by atoms with E-state index in [1.165, 1.54) is 44.9 Å². The van der Waals surface area contributed by atoms with E-state index in [-0.39, 0.29) is 12.1 Å². The molecule has 2 unspecified atom stereocenters. The van der Waals surface area contributed by atoms with E-state index in [4.69, 9.17) is 4.74 Å². The Morgan fingerprint density at radius 2 is 1.75 bits per heavy atom. The van der Waals surface area contributed by atoms with Crippen LogP contribution in [-0.2, 0) is 4.74 Å². The average Bonchev–Trinajstić information content (AvgIpc) is 2.44. The standard InChI is InChI=1S/C20H40N2O2/c1-16(2)11-8-6-7-9-14-21-17-12-10-13-18(15-17)22-19(23)24-20(3,4)5/h16-18,21H,6-15H2,1-5H3,(H,22,23). The van der Waals surface area contributed by atoms with Gasteiger partial charge in [0.05, 0.1) is 0 Å². The van der Waals surface area contributed by atoms with Crippen LogP contribution in [0.1, 0.15) is 92.4 Å². The van der Waals surface area contributed by atoms with Crippen LogP contribution in [-0.4, -0.2) is 30.3 Å². The first-order valence-electron chi connectivity index (χ1n) is 9.99. The maximum absolute atomic E-state index is 11.9. The first-order chi connectivity index (χ1) is 11.3. The fourth-order valence-electron chi connectivity index (χ4n) is 3.32. The topological polar surface area (TPSA) is 50.4 Å². The van der Waals surface area contributed by atoms with Gasteiger partial charge in [0, 0.05) is 12.1 Å². The largest absolute Gasteiger partial charge is 0.444 e. The van der Waals surface area contributed by atoms with Gasteiger partial charge < -0.3 is 15.4 Å². The molecule has 4 nitrogen and oxygen atoms in total. The number of carbonyl (C=O) groups excluding carboxylic acids is 1. The molecule has 0 aromatic heterocycles. The van der Waals surface area contributed by atoms with E-state index in [2.05, 4.69) is 24.5 Å². The van der Waals surface area contributed by atoms with Gasteiger partial charge in [-0.25, -0.2) is 4.79 Å². The second kappa shape index (κ2) is 11.0. The first-order valence-corrected chi connectivity index (χ1v) is 9.99. The summed E-state index contributed by atoms with van der Waals surface area (Å²) < 4.78 is 5.36. The molecule has 1 amide bonds. The summed E-state index contributed by atoms with van der Waals surface area (Å²) in [5.41, 5.74) is -0.425. The zero-order valence-corrected chi connectivity index (χ0v) is 16.6. The van der Waals surface area contributed by atoms with Gasteiger partial charge >= 0.3 is 6.09 Å². The Bertz CT molecular complexity index is 350. The summed E-state index contributed by atoms with van der Waals surface area (Å²) in [6.45, 7) is 11.4. The number of amides is 1. The fraction of sp³-hybridized carbons (Fsp3) is 0.950. The van der Waals surface area contributed by atoms with Crippen LogP contribution in [0.15, 0.2) is 0 Å². The van der Waals surface area contributed by atoms with Crippen molar-refractivity contribution < 1.29 is 9.53 Å². The molecule has 4 heteroatoms. The van der Waals surface area contributed by atoms with Crippen molar-refractivity contribution in [3.05, 3.63) is 0 Å². The summed E-state index contributed by atoms with van der Waals surface area (Å²) in [5, 5.41) is 6.71. The van der Waals surface area contributed by atoms with Crippen LogP contribution in [0.3, 0.4) is 0 Å².